The summed E-state index contributed by atoms with van der Waals surface area (Å²) in [6.07, 6.45) is 2.63. The number of hydrogen-bond donors (Lipinski definition) is 1. The molecular formula is C16H13BrO3. The van der Waals surface area contributed by atoms with Gasteiger partial charge in [-0.15, -0.1) is 0 Å². The van der Waals surface area contributed by atoms with Gasteiger partial charge in [0.15, 0.2) is 0 Å². The van der Waals surface area contributed by atoms with Gasteiger partial charge in [-0.1, -0.05) is 23.8 Å². The van der Waals surface area contributed by atoms with Gasteiger partial charge < -0.3 is 9.84 Å². The van der Waals surface area contributed by atoms with Crippen molar-refractivity contribution in [2.75, 3.05) is 0 Å². The van der Waals surface area contributed by atoms with Gasteiger partial charge in [0.25, 0.3) is 0 Å². The second-order valence-electron chi connectivity index (χ2n) is 4.25. The number of carbonyl (C=O) groups is 1. The van der Waals surface area contributed by atoms with E-state index in [1.54, 1.807) is 0 Å². The highest BCUT2D eigenvalue weighted by atomic mass is 79.9. The fourth-order valence-electron chi connectivity index (χ4n) is 1.70. The van der Waals surface area contributed by atoms with Gasteiger partial charge >= 0.3 is 5.97 Å². The molecule has 0 aliphatic rings. The van der Waals surface area contributed by atoms with Crippen LogP contribution in [0.1, 0.15) is 11.1 Å². The van der Waals surface area contributed by atoms with E-state index in [1.807, 2.05) is 49.4 Å². The number of carboxylic acids is 1. The maximum Gasteiger partial charge on any atom is 0.328 e. The van der Waals surface area contributed by atoms with Crippen LogP contribution in [0.15, 0.2) is 53.0 Å². The molecule has 0 saturated heterocycles. The number of carboxylic acid groups (broad SMARTS) is 1. The summed E-state index contributed by atoms with van der Waals surface area (Å²) in [5.74, 6) is 0.305. The highest BCUT2D eigenvalue weighted by Crippen LogP contribution is 2.32. The molecule has 2 aromatic rings. The van der Waals surface area contributed by atoms with Crippen LogP contribution in [0.5, 0.6) is 11.5 Å². The number of aryl methyl sites for hydroxylation is 1. The summed E-state index contributed by atoms with van der Waals surface area (Å²) < 4.78 is 6.68. The summed E-state index contributed by atoms with van der Waals surface area (Å²) in [4.78, 5) is 10.6. The summed E-state index contributed by atoms with van der Waals surface area (Å²) in [6.45, 7) is 1.94. The van der Waals surface area contributed by atoms with Crippen molar-refractivity contribution in [3.05, 3.63) is 64.1 Å². The molecule has 0 bridgehead atoms. The molecular weight excluding hydrogens is 320 g/mol. The van der Waals surface area contributed by atoms with Crippen molar-refractivity contribution in [2.24, 2.45) is 0 Å². The van der Waals surface area contributed by atoms with Crippen molar-refractivity contribution < 1.29 is 14.6 Å². The summed E-state index contributed by atoms with van der Waals surface area (Å²) in [5, 5.41) is 8.73. The van der Waals surface area contributed by atoms with Gasteiger partial charge in [-0.25, -0.2) is 4.79 Å². The number of rotatable bonds is 4. The molecule has 3 nitrogen and oxygen atoms in total. The fourth-order valence-corrected chi connectivity index (χ4v) is 2.06. The van der Waals surface area contributed by atoms with Gasteiger partial charge in [-0.3, -0.25) is 0 Å². The molecule has 0 saturated carbocycles. The Labute approximate surface area is 125 Å². The minimum Gasteiger partial charge on any atom is -0.478 e. The Morgan fingerprint density at radius 1 is 1.20 bits per heavy atom. The lowest BCUT2D eigenvalue weighted by atomic mass is 10.1. The van der Waals surface area contributed by atoms with Gasteiger partial charge in [-0.2, -0.15) is 0 Å². The van der Waals surface area contributed by atoms with Crippen LogP contribution in [0.25, 0.3) is 6.08 Å². The number of ether oxygens (including phenoxy) is 1. The van der Waals surface area contributed by atoms with E-state index < -0.39 is 5.97 Å². The molecule has 0 fully saturated rings. The maximum atomic E-state index is 10.6. The lowest BCUT2D eigenvalue weighted by Gasteiger charge is -2.11. The van der Waals surface area contributed by atoms with E-state index >= 15 is 0 Å². The normalized spacial score (nSPS) is 10.7. The maximum absolute atomic E-state index is 10.6. The minimum atomic E-state index is -0.988. The van der Waals surface area contributed by atoms with Crippen LogP contribution in [0.2, 0.25) is 0 Å². The number of para-hydroxylation sites is 1. The molecule has 0 radical (unpaired) electrons. The Morgan fingerprint density at radius 3 is 2.65 bits per heavy atom. The largest absolute Gasteiger partial charge is 0.478 e. The molecule has 0 aliphatic heterocycles. The molecule has 102 valence electrons. The smallest absolute Gasteiger partial charge is 0.328 e. The van der Waals surface area contributed by atoms with E-state index in [0.717, 1.165) is 21.7 Å². The molecule has 0 spiro atoms. The Bertz CT molecular complexity index is 663. The third-order valence-electron chi connectivity index (χ3n) is 2.63. The summed E-state index contributed by atoms with van der Waals surface area (Å²) in [6, 6.07) is 13.1. The van der Waals surface area contributed by atoms with Crippen LogP contribution >= 0.6 is 15.9 Å². The quantitative estimate of drug-likeness (QED) is 0.829. The molecule has 0 aromatic heterocycles. The third kappa shape index (κ3) is 3.71. The predicted molar refractivity (Wildman–Crippen MR) is 82.1 cm³/mol. The lowest BCUT2D eigenvalue weighted by Crippen LogP contribution is -1.91. The molecule has 1 N–H and O–H groups in total. The molecule has 2 rings (SSSR count). The van der Waals surface area contributed by atoms with Crippen LogP contribution in [0.3, 0.4) is 0 Å². The molecule has 0 aliphatic carbocycles. The predicted octanol–water partition coefficient (Wildman–Crippen LogP) is 4.65. The standard InChI is InChI=1S/C16H13BrO3/c1-11-6-8-14(12(10-11)7-9-16(18)19)20-15-5-3-2-4-13(15)17/h2-10H,1H3,(H,18,19)/b9-7+. The monoisotopic (exact) mass is 332 g/mol. The first-order valence-corrected chi connectivity index (χ1v) is 6.79. The summed E-state index contributed by atoms with van der Waals surface area (Å²) in [7, 11) is 0. The van der Waals surface area contributed by atoms with E-state index in [0.29, 0.717) is 11.5 Å². The zero-order chi connectivity index (χ0) is 14.5. The average molecular weight is 333 g/mol. The average Bonchev–Trinajstić information content (AvgIpc) is 2.41. The first-order valence-electron chi connectivity index (χ1n) is 6.00. The number of aliphatic carboxylic acids is 1. The lowest BCUT2D eigenvalue weighted by molar-refractivity contribution is -0.131. The van der Waals surface area contributed by atoms with Crippen molar-refractivity contribution in [1.82, 2.24) is 0 Å². The van der Waals surface area contributed by atoms with Gasteiger partial charge in [0.05, 0.1) is 4.47 Å². The minimum absolute atomic E-state index is 0.611. The van der Waals surface area contributed by atoms with Crippen LogP contribution in [0, 0.1) is 6.92 Å². The van der Waals surface area contributed by atoms with E-state index in [4.69, 9.17) is 9.84 Å². The first-order chi connectivity index (χ1) is 9.56. The van der Waals surface area contributed by atoms with Crippen LogP contribution in [0.4, 0.5) is 0 Å². The number of benzene rings is 2. The van der Waals surface area contributed by atoms with Crippen molar-refractivity contribution in [1.29, 1.82) is 0 Å². The second kappa shape index (κ2) is 6.39. The Balaban J connectivity index is 2.36. The Kier molecular flexibility index (Phi) is 4.58. The van der Waals surface area contributed by atoms with Gasteiger partial charge in [-0.05, 0) is 53.2 Å². The Morgan fingerprint density at radius 2 is 1.95 bits per heavy atom. The highest BCUT2D eigenvalue weighted by molar-refractivity contribution is 9.10. The molecule has 0 heterocycles. The van der Waals surface area contributed by atoms with Crippen LogP contribution < -0.4 is 4.74 Å². The fraction of sp³-hybridized carbons (Fsp3) is 0.0625. The molecule has 2 aromatic carbocycles. The molecule has 0 atom stereocenters. The zero-order valence-electron chi connectivity index (χ0n) is 10.8. The molecule has 0 unspecified atom stereocenters. The van der Waals surface area contributed by atoms with Crippen LogP contribution in [-0.2, 0) is 4.79 Å². The third-order valence-corrected chi connectivity index (χ3v) is 3.28. The van der Waals surface area contributed by atoms with E-state index in [9.17, 15) is 4.79 Å². The first kappa shape index (κ1) is 14.3. The second-order valence-corrected chi connectivity index (χ2v) is 5.10. The van der Waals surface area contributed by atoms with Crippen molar-refractivity contribution in [3.8, 4) is 11.5 Å². The van der Waals surface area contributed by atoms with E-state index in [2.05, 4.69) is 15.9 Å². The topological polar surface area (TPSA) is 46.5 Å². The van der Waals surface area contributed by atoms with Crippen molar-refractivity contribution >= 4 is 28.0 Å². The van der Waals surface area contributed by atoms with Crippen molar-refractivity contribution in [3.63, 3.8) is 0 Å². The van der Waals surface area contributed by atoms with E-state index in [-0.39, 0.29) is 0 Å². The van der Waals surface area contributed by atoms with Gasteiger partial charge in [0.1, 0.15) is 11.5 Å². The van der Waals surface area contributed by atoms with Gasteiger partial charge in [0, 0.05) is 11.6 Å². The number of hydrogen-bond acceptors (Lipinski definition) is 2. The summed E-state index contributed by atoms with van der Waals surface area (Å²) in [5.41, 5.74) is 1.76. The molecule has 4 heteroatoms. The Hall–Kier alpha value is -2.07. The summed E-state index contributed by atoms with van der Waals surface area (Å²) >= 11 is 3.42. The van der Waals surface area contributed by atoms with Crippen LogP contribution in [-0.4, -0.2) is 11.1 Å². The number of halogens is 1. The SMILES string of the molecule is Cc1ccc(Oc2ccccc2Br)c(/C=C/C(=O)O)c1. The zero-order valence-corrected chi connectivity index (χ0v) is 12.4. The molecule has 20 heavy (non-hydrogen) atoms. The van der Waals surface area contributed by atoms with Crippen molar-refractivity contribution in [2.45, 2.75) is 6.92 Å². The molecule has 0 amide bonds. The van der Waals surface area contributed by atoms with E-state index in [1.165, 1.54) is 6.08 Å². The highest BCUT2D eigenvalue weighted by Gasteiger charge is 2.06. The van der Waals surface area contributed by atoms with Gasteiger partial charge in [0.2, 0.25) is 0 Å².